The van der Waals surface area contributed by atoms with Gasteiger partial charge in [-0.3, -0.25) is 0 Å². The van der Waals surface area contributed by atoms with Crippen molar-refractivity contribution in [2.24, 2.45) is 0 Å². The molecule has 134 valence electrons. The summed E-state index contributed by atoms with van der Waals surface area (Å²) in [6, 6.07) is 6.49. The molecule has 0 bridgehead atoms. The van der Waals surface area contributed by atoms with E-state index in [-0.39, 0.29) is 12.1 Å². The van der Waals surface area contributed by atoms with E-state index in [9.17, 15) is 9.59 Å². The monoisotopic (exact) mass is 335 g/mol. The lowest BCUT2D eigenvalue weighted by Crippen LogP contribution is -2.36. The van der Waals surface area contributed by atoms with Gasteiger partial charge in [-0.15, -0.1) is 0 Å². The number of ether oxygens (including phenoxy) is 1. The van der Waals surface area contributed by atoms with Crippen LogP contribution in [-0.2, 0) is 4.74 Å². The van der Waals surface area contributed by atoms with Crippen LogP contribution in [0.4, 0.5) is 10.5 Å². The number of methoxy groups -OCH3 is 1. The lowest BCUT2D eigenvalue weighted by Gasteiger charge is -2.20. The van der Waals surface area contributed by atoms with E-state index >= 15 is 0 Å². The summed E-state index contributed by atoms with van der Waals surface area (Å²) in [5.41, 5.74) is 0.966. The predicted molar refractivity (Wildman–Crippen MR) is 96.4 cm³/mol. The Morgan fingerprint density at radius 3 is 2.58 bits per heavy atom. The molecule has 2 amide bonds. The Balaban J connectivity index is 2.41. The molecule has 1 aromatic carbocycles. The molecule has 6 nitrogen and oxygen atoms in total. The normalized spacial score (nSPS) is 11.9. The lowest BCUT2D eigenvalue weighted by atomic mass is 10.2. The smallest absolute Gasteiger partial charge is 0.337 e. The van der Waals surface area contributed by atoms with Crippen LogP contribution < -0.4 is 10.6 Å². The first-order chi connectivity index (χ1) is 11.5. The van der Waals surface area contributed by atoms with E-state index in [4.69, 9.17) is 0 Å². The molecule has 24 heavy (non-hydrogen) atoms. The topological polar surface area (TPSA) is 70.7 Å². The zero-order valence-corrected chi connectivity index (χ0v) is 15.1. The van der Waals surface area contributed by atoms with Gasteiger partial charge in [0.25, 0.3) is 0 Å². The predicted octanol–water partition coefficient (Wildman–Crippen LogP) is 3.11. The van der Waals surface area contributed by atoms with Crippen LogP contribution in [0.3, 0.4) is 0 Å². The Hall–Kier alpha value is -2.08. The van der Waals surface area contributed by atoms with Crippen molar-refractivity contribution in [1.29, 1.82) is 0 Å². The van der Waals surface area contributed by atoms with Gasteiger partial charge < -0.3 is 20.3 Å². The molecule has 1 unspecified atom stereocenters. The molecule has 0 aliphatic carbocycles. The van der Waals surface area contributed by atoms with Gasteiger partial charge in [-0.1, -0.05) is 19.9 Å². The molecular formula is C18H29N3O3. The highest BCUT2D eigenvalue weighted by Crippen LogP contribution is 2.11. The number of benzene rings is 1. The molecule has 6 heteroatoms. The lowest BCUT2D eigenvalue weighted by molar-refractivity contribution is 0.0600. The summed E-state index contributed by atoms with van der Waals surface area (Å²) >= 11 is 0. The molecule has 0 aliphatic heterocycles. The molecule has 0 aromatic heterocycles. The van der Waals surface area contributed by atoms with Gasteiger partial charge in [-0.25, -0.2) is 9.59 Å². The largest absolute Gasteiger partial charge is 0.465 e. The first-order valence-electron chi connectivity index (χ1n) is 8.48. The summed E-state index contributed by atoms with van der Waals surface area (Å²) in [5.74, 6) is -0.427. The fourth-order valence-corrected chi connectivity index (χ4v) is 2.47. The number of hydrogen-bond acceptors (Lipinski definition) is 4. The SMILES string of the molecule is CCN(CC)CCCC(C)NC(=O)Nc1cccc(C(=O)OC)c1. The second-order valence-electron chi connectivity index (χ2n) is 5.74. The van der Waals surface area contributed by atoms with E-state index in [1.54, 1.807) is 24.3 Å². The van der Waals surface area contributed by atoms with E-state index in [2.05, 4.69) is 34.1 Å². The van der Waals surface area contributed by atoms with Gasteiger partial charge in [0.15, 0.2) is 0 Å². The minimum atomic E-state index is -0.427. The number of anilines is 1. The third kappa shape index (κ3) is 7.00. The van der Waals surface area contributed by atoms with Gasteiger partial charge in [0.05, 0.1) is 12.7 Å². The maximum atomic E-state index is 12.0. The van der Waals surface area contributed by atoms with Gasteiger partial charge in [0.2, 0.25) is 0 Å². The zero-order chi connectivity index (χ0) is 17.9. The van der Waals surface area contributed by atoms with Gasteiger partial charge in [0, 0.05) is 11.7 Å². The van der Waals surface area contributed by atoms with Crippen LogP contribution in [0.15, 0.2) is 24.3 Å². The van der Waals surface area contributed by atoms with Crippen molar-refractivity contribution in [2.45, 2.75) is 39.7 Å². The Morgan fingerprint density at radius 1 is 1.25 bits per heavy atom. The van der Waals surface area contributed by atoms with Crippen molar-refractivity contribution in [3.05, 3.63) is 29.8 Å². The van der Waals surface area contributed by atoms with Crippen molar-refractivity contribution >= 4 is 17.7 Å². The van der Waals surface area contributed by atoms with Crippen molar-refractivity contribution in [3.8, 4) is 0 Å². The van der Waals surface area contributed by atoms with E-state index in [0.717, 1.165) is 32.5 Å². The van der Waals surface area contributed by atoms with Crippen LogP contribution in [0.25, 0.3) is 0 Å². The summed E-state index contributed by atoms with van der Waals surface area (Å²) in [6.07, 6.45) is 1.97. The van der Waals surface area contributed by atoms with Crippen LogP contribution in [0.2, 0.25) is 0 Å². The van der Waals surface area contributed by atoms with Crippen LogP contribution in [-0.4, -0.2) is 49.7 Å². The zero-order valence-electron chi connectivity index (χ0n) is 15.1. The standard InChI is InChI=1S/C18H29N3O3/c1-5-21(6-2)12-8-9-14(3)19-18(23)20-16-11-7-10-15(13-16)17(22)24-4/h7,10-11,13-14H,5-6,8-9,12H2,1-4H3,(H2,19,20,23). The number of esters is 1. The van der Waals surface area contributed by atoms with Gasteiger partial charge in [-0.2, -0.15) is 0 Å². The van der Waals surface area contributed by atoms with Crippen molar-refractivity contribution in [2.75, 3.05) is 32.1 Å². The quantitative estimate of drug-likeness (QED) is 0.680. The number of urea groups is 1. The molecule has 1 aromatic rings. The second-order valence-corrected chi connectivity index (χ2v) is 5.74. The average Bonchev–Trinajstić information content (AvgIpc) is 2.58. The van der Waals surface area contributed by atoms with Crippen molar-refractivity contribution in [1.82, 2.24) is 10.2 Å². The third-order valence-corrected chi connectivity index (χ3v) is 3.92. The molecule has 0 saturated carbocycles. The molecule has 0 saturated heterocycles. The molecule has 0 spiro atoms. The minimum Gasteiger partial charge on any atom is -0.465 e. The number of amides is 2. The number of carbonyl (C=O) groups is 2. The van der Waals surface area contributed by atoms with E-state index < -0.39 is 5.97 Å². The second kappa shape index (κ2) is 10.6. The van der Waals surface area contributed by atoms with E-state index in [1.807, 2.05) is 6.92 Å². The molecule has 0 fully saturated rings. The maximum Gasteiger partial charge on any atom is 0.337 e. The molecule has 0 aliphatic rings. The average molecular weight is 335 g/mol. The summed E-state index contributed by atoms with van der Waals surface area (Å²) in [7, 11) is 1.33. The Labute approximate surface area is 144 Å². The fourth-order valence-electron chi connectivity index (χ4n) is 2.47. The Morgan fingerprint density at radius 2 is 1.96 bits per heavy atom. The molecule has 2 N–H and O–H groups in total. The highest BCUT2D eigenvalue weighted by atomic mass is 16.5. The van der Waals surface area contributed by atoms with Crippen molar-refractivity contribution in [3.63, 3.8) is 0 Å². The van der Waals surface area contributed by atoms with E-state index in [1.165, 1.54) is 7.11 Å². The number of carbonyl (C=O) groups excluding carboxylic acids is 2. The summed E-state index contributed by atoms with van der Waals surface area (Å²) in [5, 5.41) is 5.66. The molecular weight excluding hydrogens is 306 g/mol. The van der Waals surface area contributed by atoms with Crippen LogP contribution >= 0.6 is 0 Å². The third-order valence-electron chi connectivity index (χ3n) is 3.92. The first kappa shape index (κ1) is 20.0. The van der Waals surface area contributed by atoms with Crippen LogP contribution in [0, 0.1) is 0 Å². The Kier molecular flexibility index (Phi) is 8.86. The molecule has 1 rings (SSSR count). The number of rotatable bonds is 9. The van der Waals surface area contributed by atoms with Crippen LogP contribution in [0.1, 0.15) is 44.0 Å². The van der Waals surface area contributed by atoms with Crippen LogP contribution in [0.5, 0.6) is 0 Å². The Bertz CT molecular complexity index is 530. The molecule has 1 atom stereocenters. The van der Waals surface area contributed by atoms with Crippen molar-refractivity contribution < 1.29 is 14.3 Å². The molecule has 0 radical (unpaired) electrons. The summed E-state index contributed by atoms with van der Waals surface area (Å²) in [6.45, 7) is 9.45. The number of hydrogen-bond donors (Lipinski definition) is 2. The first-order valence-corrected chi connectivity index (χ1v) is 8.48. The maximum absolute atomic E-state index is 12.0. The summed E-state index contributed by atoms with van der Waals surface area (Å²) < 4.78 is 4.67. The highest BCUT2D eigenvalue weighted by molar-refractivity contribution is 5.93. The van der Waals surface area contributed by atoms with Gasteiger partial charge in [0.1, 0.15) is 0 Å². The van der Waals surface area contributed by atoms with Gasteiger partial charge in [-0.05, 0) is 57.6 Å². The fraction of sp³-hybridized carbons (Fsp3) is 0.556. The summed E-state index contributed by atoms with van der Waals surface area (Å²) in [4.78, 5) is 25.9. The number of nitrogens with zero attached hydrogens (tertiary/aromatic N) is 1. The highest BCUT2D eigenvalue weighted by Gasteiger charge is 2.10. The number of nitrogens with one attached hydrogen (secondary N) is 2. The minimum absolute atomic E-state index is 0.0874. The van der Waals surface area contributed by atoms with E-state index in [0.29, 0.717) is 11.3 Å². The van der Waals surface area contributed by atoms with Gasteiger partial charge >= 0.3 is 12.0 Å². The molecule has 0 heterocycles.